The second-order valence-corrected chi connectivity index (χ2v) is 8.98. The number of rotatable bonds is 4. The third-order valence-electron chi connectivity index (χ3n) is 5.08. The second-order valence-electron chi connectivity index (χ2n) is 7.47. The van der Waals surface area contributed by atoms with Crippen molar-refractivity contribution in [1.82, 2.24) is 15.0 Å². The van der Waals surface area contributed by atoms with Gasteiger partial charge in [0.1, 0.15) is 5.82 Å². The Bertz CT molecular complexity index is 1350. The van der Waals surface area contributed by atoms with Gasteiger partial charge in [-0.15, -0.1) is 0 Å². The fourth-order valence-corrected chi connectivity index (χ4v) is 3.85. The number of primary sulfonamides is 1. The molecule has 1 saturated heterocycles. The van der Waals surface area contributed by atoms with Gasteiger partial charge in [0.2, 0.25) is 0 Å². The number of anilines is 2. The predicted octanol–water partition coefficient (Wildman–Crippen LogP) is 1.24. The summed E-state index contributed by atoms with van der Waals surface area (Å²) in [5, 5.41) is 7.04. The average Bonchev–Trinajstić information content (AvgIpc) is 2.74. The molecule has 1 amide bonds. The number of carbonyl (C=O) groups excluding carboxylic acids is 1. The van der Waals surface area contributed by atoms with Crippen LogP contribution in [0.15, 0.2) is 41.6 Å². The quantitative estimate of drug-likeness (QED) is 0.502. The lowest BCUT2D eigenvalue weighted by molar-refractivity contribution is -0.0394. The molecule has 3 aromatic rings. The van der Waals surface area contributed by atoms with Gasteiger partial charge < -0.3 is 16.0 Å². The van der Waals surface area contributed by atoms with E-state index >= 15 is 0 Å². The Morgan fingerprint density at radius 3 is 2.64 bits per heavy atom. The number of nitrogens with two attached hydrogens (primary N) is 2. The molecule has 1 aliphatic rings. The molecule has 1 atom stereocenters. The molecule has 1 aromatic carbocycles. The van der Waals surface area contributed by atoms with E-state index in [1.165, 1.54) is 17.0 Å². The number of carbonyl (C=O) groups is 1. The van der Waals surface area contributed by atoms with E-state index in [0.717, 1.165) is 24.4 Å². The smallest absolute Gasteiger partial charge is 0.278 e. The molecular formula is C19H18F3N7O3S. The molecule has 4 rings (SSSR count). The summed E-state index contributed by atoms with van der Waals surface area (Å²) in [7, 11) is -4.13. The highest BCUT2D eigenvalue weighted by Gasteiger charge is 2.43. The van der Waals surface area contributed by atoms with Crippen molar-refractivity contribution in [3.8, 4) is 0 Å². The number of aromatic nitrogens is 3. The number of hydrogen-bond donors (Lipinski definition) is 3. The van der Waals surface area contributed by atoms with Crippen LogP contribution in [0, 0.1) is 5.82 Å². The fraction of sp³-hybridized carbons (Fsp3) is 0.263. The van der Waals surface area contributed by atoms with Crippen LogP contribution in [0.3, 0.4) is 0 Å². The first-order valence-corrected chi connectivity index (χ1v) is 11.1. The molecule has 0 spiro atoms. The minimum atomic E-state index is -4.13. The average molecular weight is 481 g/mol. The number of benzene rings is 1. The summed E-state index contributed by atoms with van der Waals surface area (Å²) in [6, 6.07) is 4.44. The summed E-state index contributed by atoms with van der Waals surface area (Å²) < 4.78 is 64.5. The molecule has 0 saturated carbocycles. The number of nitrogens with zero attached hydrogens (tertiary/aromatic N) is 4. The fourth-order valence-electron chi connectivity index (χ4n) is 3.35. The molecule has 33 heavy (non-hydrogen) atoms. The van der Waals surface area contributed by atoms with Crippen LogP contribution in [0.5, 0.6) is 0 Å². The first-order valence-electron chi connectivity index (χ1n) is 9.60. The van der Waals surface area contributed by atoms with Gasteiger partial charge in [0, 0.05) is 43.5 Å². The maximum absolute atomic E-state index is 13.9. The van der Waals surface area contributed by atoms with E-state index in [-0.39, 0.29) is 41.3 Å². The van der Waals surface area contributed by atoms with Crippen molar-refractivity contribution in [3.05, 3.63) is 48.0 Å². The van der Waals surface area contributed by atoms with E-state index in [1.54, 1.807) is 0 Å². The van der Waals surface area contributed by atoms with Gasteiger partial charge in [-0.1, -0.05) is 0 Å². The summed E-state index contributed by atoms with van der Waals surface area (Å²) in [6.07, 6.45) is 0.573. The number of alkyl halides is 2. The SMILES string of the molecule is NC1CN(c2nc3ccc(F)cc3nc2C(=O)Nc2ccnc(S(N)(=O)=O)c2)CCC1(F)F. The van der Waals surface area contributed by atoms with Crippen molar-refractivity contribution < 1.29 is 26.4 Å². The molecular weight excluding hydrogens is 463 g/mol. The number of halogens is 3. The predicted molar refractivity (Wildman–Crippen MR) is 113 cm³/mol. The Hall–Kier alpha value is -3.36. The largest absolute Gasteiger partial charge is 0.353 e. The van der Waals surface area contributed by atoms with Crippen LogP contribution in [0.2, 0.25) is 0 Å². The van der Waals surface area contributed by atoms with Crippen LogP contribution < -0.4 is 21.1 Å². The normalized spacial score (nSPS) is 18.3. The van der Waals surface area contributed by atoms with E-state index in [0.29, 0.717) is 0 Å². The zero-order valence-electron chi connectivity index (χ0n) is 16.9. The van der Waals surface area contributed by atoms with Gasteiger partial charge in [0.05, 0.1) is 17.1 Å². The summed E-state index contributed by atoms with van der Waals surface area (Å²) in [5.74, 6) is -4.53. The zero-order valence-corrected chi connectivity index (χ0v) is 17.7. The van der Waals surface area contributed by atoms with Crippen molar-refractivity contribution >= 4 is 38.5 Å². The highest BCUT2D eigenvalue weighted by atomic mass is 32.2. The highest BCUT2D eigenvalue weighted by molar-refractivity contribution is 7.89. The first kappa shape index (κ1) is 22.8. The van der Waals surface area contributed by atoms with Gasteiger partial charge in [0.25, 0.3) is 21.9 Å². The maximum atomic E-state index is 13.9. The third kappa shape index (κ3) is 4.72. The Kier molecular flexibility index (Phi) is 5.67. The van der Waals surface area contributed by atoms with Crippen molar-refractivity contribution in [1.29, 1.82) is 0 Å². The summed E-state index contributed by atoms with van der Waals surface area (Å²) in [5.41, 5.74) is 5.68. The molecule has 2 aromatic heterocycles. The van der Waals surface area contributed by atoms with Crippen molar-refractivity contribution in [2.45, 2.75) is 23.4 Å². The molecule has 0 aliphatic carbocycles. The Labute approximate surface area is 185 Å². The van der Waals surface area contributed by atoms with Gasteiger partial charge in [-0.05, 0) is 18.2 Å². The Morgan fingerprint density at radius 2 is 1.94 bits per heavy atom. The third-order valence-corrected chi connectivity index (χ3v) is 5.89. The van der Waals surface area contributed by atoms with Crippen molar-refractivity contribution in [2.24, 2.45) is 10.9 Å². The van der Waals surface area contributed by atoms with E-state index in [2.05, 4.69) is 20.3 Å². The topological polar surface area (TPSA) is 157 Å². The number of sulfonamides is 1. The van der Waals surface area contributed by atoms with Crippen LogP contribution in [0.1, 0.15) is 16.9 Å². The lowest BCUT2D eigenvalue weighted by atomic mass is 10.0. The van der Waals surface area contributed by atoms with Gasteiger partial charge in [-0.25, -0.2) is 41.7 Å². The minimum Gasteiger partial charge on any atom is -0.353 e. The molecule has 0 bridgehead atoms. The standard InChI is InChI=1S/C19H18F3N7O3S/c20-10-1-2-12-13(7-10)27-16(17(28-12)29-6-4-19(21,22)14(23)9-29)18(30)26-11-3-5-25-15(8-11)33(24,31)32/h1-3,5,7-8,14H,4,6,9,23H2,(H2,24,31,32)(H,25,26,30). The lowest BCUT2D eigenvalue weighted by Crippen LogP contribution is -2.55. The monoisotopic (exact) mass is 481 g/mol. The molecule has 1 aliphatic heterocycles. The van der Waals surface area contributed by atoms with Crippen molar-refractivity contribution in [3.63, 3.8) is 0 Å². The number of fused-ring (bicyclic) bond motifs is 1. The van der Waals surface area contributed by atoms with Gasteiger partial charge in [-0.2, -0.15) is 0 Å². The molecule has 3 heterocycles. The zero-order chi connectivity index (χ0) is 24.0. The van der Waals surface area contributed by atoms with Crippen LogP contribution >= 0.6 is 0 Å². The number of pyridine rings is 1. The number of nitrogens with one attached hydrogen (secondary N) is 1. The lowest BCUT2D eigenvalue weighted by Gasteiger charge is -2.37. The molecule has 1 unspecified atom stereocenters. The van der Waals surface area contributed by atoms with E-state index in [4.69, 9.17) is 10.9 Å². The van der Waals surface area contributed by atoms with E-state index in [9.17, 15) is 26.4 Å². The summed E-state index contributed by atoms with van der Waals surface area (Å²) in [4.78, 5) is 26.6. The van der Waals surface area contributed by atoms with Crippen LogP contribution in [0.4, 0.5) is 24.7 Å². The summed E-state index contributed by atoms with van der Waals surface area (Å²) >= 11 is 0. The Morgan fingerprint density at radius 1 is 1.18 bits per heavy atom. The van der Waals surface area contributed by atoms with Crippen LogP contribution in [-0.2, 0) is 10.0 Å². The minimum absolute atomic E-state index is 0.0155. The molecule has 14 heteroatoms. The molecule has 0 radical (unpaired) electrons. The second kappa shape index (κ2) is 8.20. The number of amides is 1. The van der Waals surface area contributed by atoms with Crippen LogP contribution in [-0.4, -0.2) is 54.3 Å². The summed E-state index contributed by atoms with van der Waals surface area (Å²) in [6.45, 7) is -0.438. The van der Waals surface area contributed by atoms with Gasteiger partial charge in [0.15, 0.2) is 16.5 Å². The molecule has 10 nitrogen and oxygen atoms in total. The molecule has 174 valence electrons. The first-order chi connectivity index (χ1) is 15.4. The molecule has 1 fully saturated rings. The van der Waals surface area contributed by atoms with Gasteiger partial charge in [-0.3, -0.25) is 4.79 Å². The van der Waals surface area contributed by atoms with E-state index in [1.807, 2.05) is 0 Å². The van der Waals surface area contributed by atoms with Crippen LogP contribution in [0.25, 0.3) is 11.0 Å². The van der Waals surface area contributed by atoms with Gasteiger partial charge >= 0.3 is 0 Å². The number of hydrogen-bond acceptors (Lipinski definition) is 8. The maximum Gasteiger partial charge on any atom is 0.278 e. The van der Waals surface area contributed by atoms with E-state index < -0.39 is 45.2 Å². The Balaban J connectivity index is 1.75. The van der Waals surface area contributed by atoms with Crippen molar-refractivity contribution in [2.75, 3.05) is 23.3 Å². The highest BCUT2D eigenvalue weighted by Crippen LogP contribution is 2.31. The molecule has 5 N–H and O–H groups in total. The number of piperidine rings is 1.